The van der Waals surface area contributed by atoms with Crippen molar-refractivity contribution < 1.29 is 14.6 Å². The number of benzene rings is 2. The van der Waals surface area contributed by atoms with Crippen molar-refractivity contribution in [2.24, 2.45) is 5.92 Å². The quantitative estimate of drug-likeness (QED) is 0.308. The Bertz CT molecular complexity index is 1320. The summed E-state index contributed by atoms with van der Waals surface area (Å²) in [6.45, 7) is 16.3. The fourth-order valence-electron chi connectivity index (χ4n) is 5.05. The number of nitrogens with zero attached hydrogens (tertiary/aromatic N) is 4. The highest BCUT2D eigenvalue weighted by atomic mass is 32.2. The van der Waals surface area contributed by atoms with E-state index in [0.717, 1.165) is 40.2 Å². The van der Waals surface area contributed by atoms with E-state index in [1.54, 1.807) is 6.07 Å². The average molecular weight is 564 g/mol. The molecule has 2 N–H and O–H groups in total. The number of aromatic hydroxyl groups is 1. The van der Waals surface area contributed by atoms with Crippen LogP contribution in [0.4, 0.5) is 16.4 Å². The molecule has 1 atom stereocenters. The van der Waals surface area contributed by atoms with Gasteiger partial charge in [0.05, 0.1) is 5.69 Å². The number of ether oxygens (including phenoxy) is 1. The van der Waals surface area contributed by atoms with Gasteiger partial charge in [0.25, 0.3) is 0 Å². The molecule has 2 heterocycles. The molecule has 0 saturated carbocycles. The number of aryl methyl sites for hydroxylation is 2. The second-order valence-electron chi connectivity index (χ2n) is 11.7. The SMILES string of the molecule is Cc1cccc(C)c1-c1cc(O)nc(NSc2cccc(N3CCCN(C(=O)OC(C)(C)C)CC3C(C)C)c2)n1. The summed E-state index contributed by atoms with van der Waals surface area (Å²) in [5.41, 5.74) is 4.44. The van der Waals surface area contributed by atoms with E-state index in [0.29, 0.717) is 30.6 Å². The number of hydrogen-bond acceptors (Lipinski definition) is 8. The van der Waals surface area contributed by atoms with E-state index in [1.807, 2.05) is 69.9 Å². The number of nitrogens with one attached hydrogen (secondary N) is 1. The number of anilines is 2. The largest absolute Gasteiger partial charge is 0.493 e. The Kier molecular flexibility index (Phi) is 9.13. The van der Waals surface area contributed by atoms with Gasteiger partial charge >= 0.3 is 6.09 Å². The molecule has 0 aliphatic carbocycles. The predicted octanol–water partition coefficient (Wildman–Crippen LogP) is 7.06. The van der Waals surface area contributed by atoms with Gasteiger partial charge in [-0.2, -0.15) is 4.98 Å². The van der Waals surface area contributed by atoms with Crippen LogP contribution in [0.2, 0.25) is 0 Å². The van der Waals surface area contributed by atoms with E-state index >= 15 is 0 Å². The molecule has 8 nitrogen and oxygen atoms in total. The van der Waals surface area contributed by atoms with Crippen molar-refractivity contribution >= 4 is 29.7 Å². The average Bonchev–Trinajstić information content (AvgIpc) is 3.10. The number of amides is 1. The van der Waals surface area contributed by atoms with Crippen LogP contribution in [0.3, 0.4) is 0 Å². The monoisotopic (exact) mass is 563 g/mol. The first-order valence-corrected chi connectivity index (χ1v) is 14.6. The zero-order chi connectivity index (χ0) is 29.0. The molecule has 3 aromatic rings. The highest BCUT2D eigenvalue weighted by Crippen LogP contribution is 2.32. The van der Waals surface area contributed by atoms with Crippen LogP contribution < -0.4 is 9.62 Å². The smallest absolute Gasteiger partial charge is 0.410 e. The summed E-state index contributed by atoms with van der Waals surface area (Å²) in [5.74, 6) is 0.598. The van der Waals surface area contributed by atoms with Gasteiger partial charge in [0.2, 0.25) is 11.8 Å². The zero-order valence-corrected chi connectivity index (χ0v) is 25.4. The van der Waals surface area contributed by atoms with Crippen LogP contribution in [0.15, 0.2) is 53.4 Å². The second-order valence-corrected chi connectivity index (χ2v) is 12.6. The van der Waals surface area contributed by atoms with Gasteiger partial charge in [0, 0.05) is 47.9 Å². The van der Waals surface area contributed by atoms with Crippen molar-refractivity contribution in [3.8, 4) is 17.1 Å². The third-order valence-corrected chi connectivity index (χ3v) is 7.69. The van der Waals surface area contributed by atoms with Crippen molar-refractivity contribution in [1.82, 2.24) is 14.9 Å². The van der Waals surface area contributed by atoms with E-state index in [1.165, 1.54) is 11.9 Å². The van der Waals surface area contributed by atoms with E-state index in [2.05, 4.69) is 45.6 Å². The lowest BCUT2D eigenvalue weighted by Gasteiger charge is -2.36. The first kappa shape index (κ1) is 29.5. The fourth-order valence-corrected chi connectivity index (χ4v) is 5.68. The Morgan fingerprint density at radius 3 is 2.45 bits per heavy atom. The van der Waals surface area contributed by atoms with Crippen LogP contribution in [0.25, 0.3) is 11.3 Å². The molecule has 0 radical (unpaired) electrons. The first-order valence-electron chi connectivity index (χ1n) is 13.8. The van der Waals surface area contributed by atoms with Gasteiger partial charge in [-0.25, -0.2) is 9.78 Å². The maximum atomic E-state index is 12.9. The summed E-state index contributed by atoms with van der Waals surface area (Å²) in [6.07, 6.45) is 0.607. The second kappa shape index (κ2) is 12.4. The van der Waals surface area contributed by atoms with Gasteiger partial charge < -0.3 is 19.6 Å². The molecule has 1 aliphatic heterocycles. The maximum Gasteiger partial charge on any atom is 0.410 e. The van der Waals surface area contributed by atoms with E-state index < -0.39 is 5.60 Å². The maximum absolute atomic E-state index is 12.9. The van der Waals surface area contributed by atoms with E-state index in [9.17, 15) is 9.90 Å². The first-order chi connectivity index (χ1) is 18.9. The lowest BCUT2D eigenvalue weighted by Crippen LogP contribution is -2.47. The lowest BCUT2D eigenvalue weighted by atomic mass is 10.00. The molecule has 0 bridgehead atoms. The molecule has 1 fully saturated rings. The van der Waals surface area contributed by atoms with Crippen molar-refractivity contribution in [1.29, 1.82) is 0 Å². The molecule has 1 amide bonds. The topological polar surface area (TPSA) is 90.8 Å². The Labute approximate surface area is 242 Å². The van der Waals surface area contributed by atoms with Crippen molar-refractivity contribution in [3.05, 3.63) is 59.7 Å². The summed E-state index contributed by atoms with van der Waals surface area (Å²) in [4.78, 5) is 27.0. The molecule has 40 heavy (non-hydrogen) atoms. The van der Waals surface area contributed by atoms with Crippen LogP contribution in [-0.2, 0) is 4.74 Å². The molecule has 1 saturated heterocycles. The molecule has 4 rings (SSSR count). The van der Waals surface area contributed by atoms with E-state index in [4.69, 9.17) is 4.74 Å². The highest BCUT2D eigenvalue weighted by Gasteiger charge is 2.32. The normalized spacial score (nSPS) is 16.1. The minimum absolute atomic E-state index is 0.0802. The van der Waals surface area contributed by atoms with Gasteiger partial charge in [-0.3, -0.25) is 4.72 Å². The third kappa shape index (κ3) is 7.38. The van der Waals surface area contributed by atoms with Crippen LogP contribution in [-0.4, -0.2) is 57.3 Å². The molecule has 1 aromatic heterocycles. The number of hydrogen-bond donors (Lipinski definition) is 2. The van der Waals surface area contributed by atoms with Gasteiger partial charge in [-0.05, 0) is 88.2 Å². The lowest BCUT2D eigenvalue weighted by molar-refractivity contribution is 0.0243. The molecular formula is C31H41N5O3S. The Hall–Kier alpha value is -3.46. The summed E-state index contributed by atoms with van der Waals surface area (Å²) in [5, 5.41) is 10.3. The van der Waals surface area contributed by atoms with Crippen LogP contribution in [0.5, 0.6) is 5.88 Å². The van der Waals surface area contributed by atoms with Crippen molar-refractivity contribution in [2.45, 2.75) is 71.4 Å². The molecule has 214 valence electrons. The van der Waals surface area contributed by atoms with Crippen LogP contribution >= 0.6 is 11.9 Å². The molecular weight excluding hydrogens is 522 g/mol. The van der Waals surface area contributed by atoms with Gasteiger partial charge in [0.15, 0.2) is 0 Å². The minimum atomic E-state index is -0.520. The molecule has 9 heteroatoms. The number of rotatable bonds is 6. The predicted molar refractivity (Wildman–Crippen MR) is 163 cm³/mol. The van der Waals surface area contributed by atoms with Crippen molar-refractivity contribution in [3.63, 3.8) is 0 Å². The summed E-state index contributed by atoms with van der Waals surface area (Å²) in [6, 6.07) is 16.2. The van der Waals surface area contributed by atoms with Crippen LogP contribution in [0.1, 0.15) is 52.2 Å². The number of aromatic nitrogens is 2. The van der Waals surface area contributed by atoms with Gasteiger partial charge in [0.1, 0.15) is 5.60 Å². The standard InChI is InChI=1S/C31H41N5O3S/c1-20(2)26-19-35(30(38)39-31(5,6)7)15-10-16-36(26)23-13-9-14-24(17-23)40-34-29-32-25(18-27(37)33-29)28-21(3)11-8-12-22(28)4/h8-9,11-14,17-18,20,26H,10,15-16,19H2,1-7H3,(H2,32,33,34,37). The van der Waals surface area contributed by atoms with Gasteiger partial charge in [-0.1, -0.05) is 38.1 Å². The fraction of sp³-hybridized carbons (Fsp3) is 0.452. The van der Waals surface area contributed by atoms with E-state index in [-0.39, 0.29) is 18.0 Å². The summed E-state index contributed by atoms with van der Waals surface area (Å²) in [7, 11) is 0. The molecule has 0 spiro atoms. The molecule has 2 aromatic carbocycles. The Morgan fingerprint density at radius 1 is 1.07 bits per heavy atom. The van der Waals surface area contributed by atoms with Crippen LogP contribution in [0, 0.1) is 19.8 Å². The molecule has 1 unspecified atom stereocenters. The highest BCUT2D eigenvalue weighted by molar-refractivity contribution is 8.00. The Morgan fingerprint density at radius 2 is 1.77 bits per heavy atom. The molecule has 1 aliphatic rings. The zero-order valence-electron chi connectivity index (χ0n) is 24.6. The summed E-state index contributed by atoms with van der Waals surface area (Å²) < 4.78 is 8.90. The Balaban J connectivity index is 1.51. The number of carbonyl (C=O) groups is 1. The summed E-state index contributed by atoms with van der Waals surface area (Å²) >= 11 is 1.40. The minimum Gasteiger partial charge on any atom is -0.493 e. The van der Waals surface area contributed by atoms with Crippen molar-refractivity contribution in [2.75, 3.05) is 29.3 Å². The number of carbonyl (C=O) groups excluding carboxylic acids is 1. The van der Waals surface area contributed by atoms with Gasteiger partial charge in [-0.15, -0.1) is 0 Å². The third-order valence-electron chi connectivity index (χ3n) is 6.92.